The van der Waals surface area contributed by atoms with Crippen LogP contribution in [0.1, 0.15) is 62.2 Å². The summed E-state index contributed by atoms with van der Waals surface area (Å²) in [4.78, 5) is 12.1. The van der Waals surface area contributed by atoms with Crippen LogP contribution in [0.3, 0.4) is 0 Å². The minimum Gasteiger partial charge on any atom is -0.493 e. The molecule has 0 bridgehead atoms. The molecule has 8 heteroatoms. The molecule has 2 aromatic carbocycles. The first kappa shape index (κ1) is 25.0. The number of carbonyl (C=O) groups excluding carboxylic acids is 1. The van der Waals surface area contributed by atoms with Gasteiger partial charge in [0, 0.05) is 24.8 Å². The Morgan fingerprint density at radius 3 is 2.21 bits per heavy atom. The van der Waals surface area contributed by atoms with Crippen LogP contribution in [-0.2, 0) is 4.74 Å². The molecule has 3 rings (SSSR count). The quantitative estimate of drug-likeness (QED) is 0.129. The summed E-state index contributed by atoms with van der Waals surface area (Å²) in [6, 6.07) is 4.68. The van der Waals surface area contributed by atoms with E-state index in [9.17, 15) is 22.4 Å². The molecule has 0 saturated heterocycles. The van der Waals surface area contributed by atoms with Gasteiger partial charge in [-0.3, -0.25) is 0 Å². The summed E-state index contributed by atoms with van der Waals surface area (Å²) in [6.07, 6.45) is 7.62. The van der Waals surface area contributed by atoms with E-state index in [4.69, 9.17) is 14.2 Å². The van der Waals surface area contributed by atoms with Crippen molar-refractivity contribution in [1.29, 1.82) is 0 Å². The molecular weight excluding hydrogens is 440 g/mol. The van der Waals surface area contributed by atoms with E-state index in [1.165, 1.54) is 25.0 Å². The van der Waals surface area contributed by atoms with Crippen molar-refractivity contribution in [1.82, 2.24) is 0 Å². The topological polar surface area (TPSA) is 44.8 Å². The zero-order valence-corrected chi connectivity index (χ0v) is 18.6. The molecule has 180 valence electrons. The number of hydrogen-bond donors (Lipinski definition) is 0. The molecular formula is C25H28F4O4. The first-order valence-corrected chi connectivity index (χ1v) is 11.3. The number of unbranched alkanes of at least 4 members (excludes halogenated alkanes) is 2. The molecule has 0 radical (unpaired) electrons. The van der Waals surface area contributed by atoms with E-state index < -0.39 is 40.6 Å². The molecule has 0 aliphatic heterocycles. The van der Waals surface area contributed by atoms with Crippen LogP contribution in [0.25, 0.3) is 0 Å². The largest absolute Gasteiger partial charge is 0.493 e. The molecule has 2 aromatic rings. The predicted molar refractivity (Wildman–Crippen MR) is 114 cm³/mol. The molecule has 1 aliphatic carbocycles. The standard InChI is InChI=1S/C25H28F4O4/c1-2-3-4-11-31-17-7-5-16(6-8-17)15-32-18-9-10-20(21(26)12-18)25(30)33-19-13-22(27)24(29)23(28)14-19/h9-10,12-14,16-17H,2-8,11,15H2,1H3. The first-order chi connectivity index (χ1) is 15.9. The second-order valence-electron chi connectivity index (χ2n) is 8.26. The van der Waals surface area contributed by atoms with Crippen LogP contribution < -0.4 is 9.47 Å². The van der Waals surface area contributed by atoms with E-state index in [1.54, 1.807) is 0 Å². The number of hydrogen-bond acceptors (Lipinski definition) is 4. The molecule has 4 nitrogen and oxygen atoms in total. The molecule has 0 spiro atoms. The summed E-state index contributed by atoms with van der Waals surface area (Å²) in [5, 5.41) is 0. The third kappa shape index (κ3) is 7.19. The van der Waals surface area contributed by atoms with Crippen molar-refractivity contribution in [3.8, 4) is 11.5 Å². The molecule has 1 saturated carbocycles. The van der Waals surface area contributed by atoms with Crippen LogP contribution in [0.4, 0.5) is 17.6 Å². The molecule has 0 amide bonds. The highest BCUT2D eigenvalue weighted by atomic mass is 19.2. The summed E-state index contributed by atoms with van der Waals surface area (Å²) < 4.78 is 70.3. The van der Waals surface area contributed by atoms with E-state index in [2.05, 4.69) is 6.92 Å². The molecule has 33 heavy (non-hydrogen) atoms. The normalized spacial score (nSPS) is 18.2. The van der Waals surface area contributed by atoms with Gasteiger partial charge in [-0.1, -0.05) is 19.8 Å². The fraction of sp³-hybridized carbons (Fsp3) is 0.480. The number of benzene rings is 2. The zero-order chi connectivity index (χ0) is 23.8. The van der Waals surface area contributed by atoms with E-state index in [-0.39, 0.29) is 5.75 Å². The molecule has 0 N–H and O–H groups in total. The maximum absolute atomic E-state index is 14.4. The number of carbonyl (C=O) groups is 1. The maximum Gasteiger partial charge on any atom is 0.346 e. The molecule has 0 heterocycles. The van der Waals surface area contributed by atoms with Crippen molar-refractivity contribution in [2.75, 3.05) is 13.2 Å². The minimum absolute atomic E-state index is 0.265. The summed E-state index contributed by atoms with van der Waals surface area (Å²) >= 11 is 0. The summed E-state index contributed by atoms with van der Waals surface area (Å²) in [5.41, 5.74) is -0.437. The lowest BCUT2D eigenvalue weighted by atomic mass is 9.88. The maximum atomic E-state index is 14.4. The van der Waals surface area contributed by atoms with E-state index in [0.717, 1.165) is 44.8 Å². The van der Waals surface area contributed by atoms with Gasteiger partial charge in [0.15, 0.2) is 17.5 Å². The van der Waals surface area contributed by atoms with Gasteiger partial charge in [-0.05, 0) is 50.2 Å². The third-order valence-electron chi connectivity index (χ3n) is 5.71. The lowest BCUT2D eigenvalue weighted by molar-refractivity contribution is 0.0112. The van der Waals surface area contributed by atoms with Crippen LogP contribution in [-0.4, -0.2) is 25.3 Å². The van der Waals surface area contributed by atoms with Gasteiger partial charge in [-0.25, -0.2) is 22.4 Å². The van der Waals surface area contributed by atoms with Gasteiger partial charge < -0.3 is 14.2 Å². The van der Waals surface area contributed by atoms with E-state index >= 15 is 0 Å². The van der Waals surface area contributed by atoms with Crippen LogP contribution in [0.15, 0.2) is 30.3 Å². The number of rotatable bonds is 10. The lowest BCUT2D eigenvalue weighted by Crippen LogP contribution is -2.25. The Morgan fingerprint density at radius 2 is 1.58 bits per heavy atom. The second-order valence-corrected chi connectivity index (χ2v) is 8.26. The highest BCUT2D eigenvalue weighted by Gasteiger charge is 2.23. The molecule has 1 aliphatic rings. The van der Waals surface area contributed by atoms with E-state index in [0.29, 0.717) is 30.8 Å². The van der Waals surface area contributed by atoms with Gasteiger partial charge in [0.1, 0.15) is 17.3 Å². The highest BCUT2D eigenvalue weighted by molar-refractivity contribution is 5.91. The van der Waals surface area contributed by atoms with Crippen molar-refractivity contribution in [3.63, 3.8) is 0 Å². The number of esters is 1. The van der Waals surface area contributed by atoms with Crippen LogP contribution in [0.5, 0.6) is 11.5 Å². The smallest absolute Gasteiger partial charge is 0.346 e. The lowest BCUT2D eigenvalue weighted by Gasteiger charge is -2.28. The van der Waals surface area contributed by atoms with Crippen molar-refractivity contribution < 1.29 is 36.6 Å². The summed E-state index contributed by atoms with van der Waals surface area (Å²) in [7, 11) is 0. The van der Waals surface area contributed by atoms with Crippen LogP contribution >= 0.6 is 0 Å². The average Bonchev–Trinajstić information content (AvgIpc) is 2.79. The van der Waals surface area contributed by atoms with Crippen LogP contribution in [0.2, 0.25) is 0 Å². The number of halogens is 4. The van der Waals surface area contributed by atoms with Gasteiger partial charge in [0.2, 0.25) is 0 Å². The van der Waals surface area contributed by atoms with Gasteiger partial charge in [0.25, 0.3) is 0 Å². The minimum atomic E-state index is -1.68. The number of ether oxygens (including phenoxy) is 3. The average molecular weight is 468 g/mol. The summed E-state index contributed by atoms with van der Waals surface area (Å²) in [6.45, 7) is 3.40. The van der Waals surface area contributed by atoms with Gasteiger partial charge in [-0.15, -0.1) is 0 Å². The SMILES string of the molecule is CCCCCOC1CCC(COc2ccc(C(=O)Oc3cc(F)c(F)c(F)c3)c(F)c2)CC1. The molecule has 1 fully saturated rings. The van der Waals surface area contributed by atoms with Crippen molar-refractivity contribution >= 4 is 5.97 Å². The second kappa shape index (κ2) is 12.0. The first-order valence-electron chi connectivity index (χ1n) is 11.3. The Hall–Kier alpha value is -2.61. The Morgan fingerprint density at radius 1 is 0.909 bits per heavy atom. The van der Waals surface area contributed by atoms with Gasteiger partial charge in [-0.2, -0.15) is 0 Å². The van der Waals surface area contributed by atoms with Crippen molar-refractivity contribution in [3.05, 3.63) is 59.2 Å². The zero-order valence-electron chi connectivity index (χ0n) is 18.6. The Kier molecular flexibility index (Phi) is 9.11. The monoisotopic (exact) mass is 468 g/mol. The van der Waals surface area contributed by atoms with Gasteiger partial charge >= 0.3 is 5.97 Å². The van der Waals surface area contributed by atoms with Crippen LogP contribution in [0, 0.1) is 29.2 Å². The summed E-state index contributed by atoms with van der Waals surface area (Å²) in [5.74, 6) is -6.74. The van der Waals surface area contributed by atoms with E-state index in [1.807, 2.05) is 0 Å². The molecule has 0 aromatic heterocycles. The fourth-order valence-electron chi connectivity index (χ4n) is 3.79. The fourth-order valence-corrected chi connectivity index (χ4v) is 3.79. The van der Waals surface area contributed by atoms with Crippen molar-refractivity contribution in [2.45, 2.75) is 58.0 Å². The Labute approximate surface area is 190 Å². The predicted octanol–water partition coefficient (Wildman–Crippen LogP) is 6.61. The molecule has 0 unspecified atom stereocenters. The molecule has 0 atom stereocenters. The Balaban J connectivity index is 1.47. The third-order valence-corrected chi connectivity index (χ3v) is 5.71. The Bertz CT molecular complexity index is 919. The van der Waals surface area contributed by atoms with Crippen molar-refractivity contribution in [2.24, 2.45) is 5.92 Å². The highest BCUT2D eigenvalue weighted by Crippen LogP contribution is 2.28. The van der Waals surface area contributed by atoms with Gasteiger partial charge in [0.05, 0.1) is 18.3 Å².